The third kappa shape index (κ3) is 3.28. The van der Waals surface area contributed by atoms with Gasteiger partial charge in [0.25, 0.3) is 0 Å². The highest BCUT2D eigenvalue weighted by Crippen LogP contribution is 2.24. The zero-order valence-electron chi connectivity index (χ0n) is 11.9. The average Bonchev–Trinajstić information content (AvgIpc) is 3.17. The average molecular weight is 299 g/mol. The summed E-state index contributed by atoms with van der Waals surface area (Å²) in [5.74, 6) is 1.00. The predicted octanol–water partition coefficient (Wildman–Crippen LogP) is 3.08. The van der Waals surface area contributed by atoms with Crippen LogP contribution in [0.1, 0.15) is 12.7 Å². The minimum absolute atomic E-state index is 0.806. The summed E-state index contributed by atoms with van der Waals surface area (Å²) in [4.78, 5) is 4.61. The van der Waals surface area contributed by atoms with Gasteiger partial charge in [-0.2, -0.15) is 0 Å². The van der Waals surface area contributed by atoms with Crippen LogP contribution in [0, 0.1) is 0 Å². The molecule has 0 spiro atoms. The van der Waals surface area contributed by atoms with Gasteiger partial charge in [-0.3, -0.25) is 0 Å². The molecule has 0 aliphatic rings. The Morgan fingerprint density at radius 2 is 2.10 bits per heavy atom. The van der Waals surface area contributed by atoms with E-state index >= 15 is 0 Å². The molecule has 3 rings (SSSR count). The first kappa shape index (κ1) is 13.8. The Morgan fingerprint density at radius 3 is 2.90 bits per heavy atom. The molecule has 1 N–H and O–H groups in total. The smallest absolute Gasteiger partial charge is 0.183 e. The van der Waals surface area contributed by atoms with Gasteiger partial charge >= 0.3 is 0 Å². The second kappa shape index (κ2) is 6.49. The normalized spacial score (nSPS) is 10.7. The molecule has 6 heteroatoms. The first-order valence-electron chi connectivity index (χ1n) is 6.98. The Bertz CT molecular complexity index is 689. The lowest BCUT2D eigenvalue weighted by molar-refractivity contribution is 0.698. The third-order valence-electron chi connectivity index (χ3n) is 3.23. The van der Waals surface area contributed by atoms with E-state index in [4.69, 9.17) is 0 Å². The van der Waals surface area contributed by atoms with Crippen LogP contribution in [0.25, 0.3) is 11.3 Å². The molecule has 0 aliphatic heterocycles. The van der Waals surface area contributed by atoms with E-state index in [2.05, 4.69) is 49.5 Å². The van der Waals surface area contributed by atoms with Gasteiger partial charge in [-0.1, -0.05) is 30.3 Å². The summed E-state index contributed by atoms with van der Waals surface area (Å²) in [6.07, 6.45) is 2.61. The summed E-state index contributed by atoms with van der Waals surface area (Å²) in [6, 6.07) is 10.2. The Morgan fingerprint density at radius 1 is 1.24 bits per heavy atom. The fourth-order valence-electron chi connectivity index (χ4n) is 2.11. The first-order valence-corrected chi connectivity index (χ1v) is 7.86. The molecule has 0 bridgehead atoms. The molecule has 0 atom stereocenters. The van der Waals surface area contributed by atoms with E-state index in [1.807, 2.05) is 18.2 Å². The van der Waals surface area contributed by atoms with Crippen LogP contribution in [0.4, 0.5) is 5.13 Å². The van der Waals surface area contributed by atoms with E-state index in [-0.39, 0.29) is 0 Å². The van der Waals surface area contributed by atoms with E-state index in [9.17, 15) is 0 Å². The van der Waals surface area contributed by atoms with Crippen LogP contribution in [0.2, 0.25) is 0 Å². The number of hydrogen-bond acceptors (Lipinski definition) is 5. The number of aryl methyl sites for hydroxylation is 1. The summed E-state index contributed by atoms with van der Waals surface area (Å²) in [7, 11) is 0. The lowest BCUT2D eigenvalue weighted by Gasteiger charge is -2.04. The summed E-state index contributed by atoms with van der Waals surface area (Å²) in [5.41, 5.74) is 2.16. The molecule has 3 aromatic rings. The number of thiazole rings is 1. The van der Waals surface area contributed by atoms with Crippen molar-refractivity contribution >= 4 is 16.5 Å². The number of aromatic nitrogens is 4. The molecule has 2 heterocycles. The maximum absolute atomic E-state index is 4.61. The zero-order chi connectivity index (χ0) is 14.5. The van der Waals surface area contributed by atoms with Crippen LogP contribution in [-0.2, 0) is 13.0 Å². The van der Waals surface area contributed by atoms with Gasteiger partial charge in [-0.05, 0) is 6.92 Å². The Kier molecular flexibility index (Phi) is 4.25. The van der Waals surface area contributed by atoms with Crippen LogP contribution in [0.3, 0.4) is 0 Å². The van der Waals surface area contributed by atoms with Crippen LogP contribution in [0.15, 0.2) is 42.0 Å². The summed E-state index contributed by atoms with van der Waals surface area (Å²) < 4.78 is 2.05. The van der Waals surface area contributed by atoms with Gasteiger partial charge in [0.2, 0.25) is 0 Å². The standard InChI is InChI=1S/C15H17N5S/c1-2-20-11-17-19-14(20)8-9-16-15-18-13(10-21-15)12-6-4-3-5-7-12/h3-7,10-11H,2,8-9H2,1H3,(H,16,18). The molecule has 0 fully saturated rings. The van der Waals surface area contributed by atoms with Crippen molar-refractivity contribution in [1.29, 1.82) is 0 Å². The Labute approximate surface area is 127 Å². The number of rotatable bonds is 6. The van der Waals surface area contributed by atoms with Crippen molar-refractivity contribution in [2.24, 2.45) is 0 Å². The van der Waals surface area contributed by atoms with Gasteiger partial charge < -0.3 is 9.88 Å². The highest BCUT2D eigenvalue weighted by atomic mass is 32.1. The SMILES string of the molecule is CCn1cnnc1CCNc1nc(-c2ccccc2)cs1. The molecule has 108 valence electrons. The van der Waals surface area contributed by atoms with Crippen molar-refractivity contribution < 1.29 is 0 Å². The van der Waals surface area contributed by atoms with Gasteiger partial charge in [0.05, 0.1) is 5.69 Å². The van der Waals surface area contributed by atoms with E-state index in [1.54, 1.807) is 17.7 Å². The monoisotopic (exact) mass is 299 g/mol. The maximum Gasteiger partial charge on any atom is 0.183 e. The fourth-order valence-corrected chi connectivity index (χ4v) is 2.86. The highest BCUT2D eigenvalue weighted by molar-refractivity contribution is 7.14. The minimum atomic E-state index is 0.806. The summed E-state index contributed by atoms with van der Waals surface area (Å²) >= 11 is 1.63. The third-order valence-corrected chi connectivity index (χ3v) is 4.03. The van der Waals surface area contributed by atoms with Crippen molar-refractivity contribution in [3.05, 3.63) is 47.9 Å². The van der Waals surface area contributed by atoms with E-state index in [1.165, 1.54) is 0 Å². The Hall–Kier alpha value is -2.21. The minimum Gasteiger partial charge on any atom is -0.361 e. The molecule has 5 nitrogen and oxygen atoms in total. The quantitative estimate of drug-likeness (QED) is 0.760. The van der Waals surface area contributed by atoms with Crippen LogP contribution >= 0.6 is 11.3 Å². The molecule has 2 aromatic heterocycles. The maximum atomic E-state index is 4.61. The lowest BCUT2D eigenvalue weighted by atomic mass is 10.2. The highest BCUT2D eigenvalue weighted by Gasteiger charge is 2.05. The molecular formula is C15H17N5S. The van der Waals surface area contributed by atoms with Crippen molar-refractivity contribution in [1.82, 2.24) is 19.7 Å². The number of nitrogens with zero attached hydrogens (tertiary/aromatic N) is 4. The van der Waals surface area contributed by atoms with Gasteiger partial charge in [0, 0.05) is 30.5 Å². The molecular weight excluding hydrogens is 282 g/mol. The van der Waals surface area contributed by atoms with E-state index in [0.29, 0.717) is 0 Å². The molecule has 0 radical (unpaired) electrons. The summed E-state index contributed by atoms with van der Waals surface area (Å²) in [6.45, 7) is 3.80. The van der Waals surface area contributed by atoms with Crippen molar-refractivity contribution in [3.8, 4) is 11.3 Å². The van der Waals surface area contributed by atoms with Crippen LogP contribution in [-0.4, -0.2) is 26.3 Å². The van der Waals surface area contributed by atoms with Crippen molar-refractivity contribution in [3.63, 3.8) is 0 Å². The Balaban J connectivity index is 1.58. The van der Waals surface area contributed by atoms with E-state index < -0.39 is 0 Å². The second-order valence-electron chi connectivity index (χ2n) is 4.61. The lowest BCUT2D eigenvalue weighted by Crippen LogP contribution is -2.09. The fraction of sp³-hybridized carbons (Fsp3) is 0.267. The topological polar surface area (TPSA) is 55.6 Å². The van der Waals surface area contributed by atoms with Crippen molar-refractivity contribution in [2.75, 3.05) is 11.9 Å². The van der Waals surface area contributed by atoms with Gasteiger partial charge in [-0.25, -0.2) is 4.98 Å². The molecule has 0 amide bonds. The largest absolute Gasteiger partial charge is 0.361 e. The second-order valence-corrected chi connectivity index (χ2v) is 5.47. The van der Waals surface area contributed by atoms with Gasteiger partial charge in [0.1, 0.15) is 12.2 Å². The van der Waals surface area contributed by atoms with Gasteiger partial charge in [-0.15, -0.1) is 21.5 Å². The number of hydrogen-bond donors (Lipinski definition) is 1. The van der Waals surface area contributed by atoms with Crippen LogP contribution in [0.5, 0.6) is 0 Å². The molecule has 0 aliphatic carbocycles. The first-order chi connectivity index (χ1) is 10.4. The predicted molar refractivity (Wildman–Crippen MR) is 85.4 cm³/mol. The van der Waals surface area contributed by atoms with Gasteiger partial charge in [0.15, 0.2) is 5.13 Å². The van der Waals surface area contributed by atoms with Crippen molar-refractivity contribution in [2.45, 2.75) is 19.9 Å². The van der Waals surface area contributed by atoms with E-state index in [0.717, 1.165) is 41.7 Å². The molecule has 0 saturated carbocycles. The molecule has 0 saturated heterocycles. The number of anilines is 1. The van der Waals surface area contributed by atoms with Crippen LogP contribution < -0.4 is 5.32 Å². The summed E-state index contributed by atoms with van der Waals surface area (Å²) in [5, 5.41) is 14.4. The zero-order valence-corrected chi connectivity index (χ0v) is 12.7. The number of benzene rings is 1. The molecule has 0 unspecified atom stereocenters. The number of nitrogens with one attached hydrogen (secondary N) is 1. The molecule has 1 aromatic carbocycles. The molecule has 21 heavy (non-hydrogen) atoms.